The maximum atomic E-state index is 2.55. The average Bonchev–Trinajstić information content (AvgIpc) is 0.650. The molecule has 0 fully saturated rings. The van der Waals surface area contributed by atoms with Crippen LogP contribution >= 0.6 is 95.9 Å². The zero-order valence-corrected chi connectivity index (χ0v) is 14.7. The number of halogens is 5. The molecule has 0 saturated heterocycles. The summed E-state index contributed by atoms with van der Waals surface area (Å²) in [4.78, 5) is 0. The summed E-state index contributed by atoms with van der Waals surface area (Å²) >= 11 is 12.8. The summed E-state index contributed by atoms with van der Waals surface area (Å²) in [5.41, 5.74) is 0. The fourth-order valence-corrected chi connectivity index (χ4v) is 0. The van der Waals surface area contributed by atoms with Crippen molar-refractivity contribution in [1.82, 2.24) is 0 Å². The van der Waals surface area contributed by atoms with E-state index in [4.69, 9.17) is 0 Å². The van der Waals surface area contributed by atoms with E-state index in [-0.39, 0.29) is 0 Å². The molecule has 0 radical (unpaired) electrons. The maximum absolute atomic E-state index is 2.55. The SMILES string of the molecule is [I][Ti]([I])([I])([I])[I]. The predicted molar refractivity (Wildman–Crippen MR) is 70.1 cm³/mol. The van der Waals surface area contributed by atoms with Crippen molar-refractivity contribution in [2.45, 2.75) is 0 Å². The Hall–Kier alpha value is 4.36. The van der Waals surface area contributed by atoms with Gasteiger partial charge in [0, 0.05) is 0 Å². The molecule has 0 N–H and O–H groups in total. The van der Waals surface area contributed by atoms with Crippen molar-refractivity contribution in [3.8, 4) is 0 Å². The Bertz CT molecular complexity index is 37.1. The van der Waals surface area contributed by atoms with Crippen LogP contribution in [0, 0.1) is 0 Å². The van der Waals surface area contributed by atoms with E-state index in [2.05, 4.69) is 95.9 Å². The molecular weight excluding hydrogens is 682 g/mol. The van der Waals surface area contributed by atoms with Crippen molar-refractivity contribution in [3.63, 3.8) is 0 Å². The van der Waals surface area contributed by atoms with Crippen LogP contribution in [0.3, 0.4) is 0 Å². The first-order valence-corrected chi connectivity index (χ1v) is 26.1. The molecule has 0 unspecified atom stereocenters. The van der Waals surface area contributed by atoms with E-state index in [0.717, 1.165) is 0 Å². The van der Waals surface area contributed by atoms with Gasteiger partial charge in [-0.2, -0.15) is 0 Å². The number of hydrogen-bond donors (Lipinski definition) is 0. The van der Waals surface area contributed by atoms with E-state index >= 15 is 0 Å². The minimum absolute atomic E-state index is 1.75. The predicted octanol–water partition coefficient (Wildman–Crippen LogP) is 4.43. The first-order valence-electron chi connectivity index (χ1n) is 0.945. The Morgan fingerprint density at radius 3 is 0.667 bits per heavy atom. The van der Waals surface area contributed by atoms with Gasteiger partial charge in [-0.1, -0.05) is 0 Å². The Kier molecular flexibility index (Phi) is 5.48. The Morgan fingerprint density at radius 2 is 0.667 bits per heavy atom. The molecule has 6 heavy (non-hydrogen) atoms. The van der Waals surface area contributed by atoms with Crippen LogP contribution in [0.4, 0.5) is 0 Å². The van der Waals surface area contributed by atoms with E-state index < -0.39 is -3.44 Å². The van der Waals surface area contributed by atoms with Crippen LogP contribution < -0.4 is 0 Å². The molecule has 0 bridgehead atoms. The van der Waals surface area contributed by atoms with Gasteiger partial charge >= 0.3 is 92.5 Å². The molecule has 0 nitrogen and oxygen atoms in total. The summed E-state index contributed by atoms with van der Waals surface area (Å²) in [6.07, 6.45) is 0. The second-order valence-electron chi connectivity index (χ2n) is 0.714. The monoisotopic (exact) mass is 682 g/mol. The second kappa shape index (κ2) is 3.18. The Labute approximate surface area is 89.0 Å². The first kappa shape index (κ1) is 10.4. The molecule has 0 aliphatic carbocycles. The third-order valence-corrected chi connectivity index (χ3v) is 0. The van der Waals surface area contributed by atoms with Crippen LogP contribution in [0.2, 0.25) is 0 Å². The molecule has 0 heterocycles. The van der Waals surface area contributed by atoms with Crippen LogP contribution in [-0.2, 0) is -3.44 Å². The third-order valence-electron chi connectivity index (χ3n) is 0. The van der Waals surface area contributed by atoms with Crippen LogP contribution in [0.25, 0.3) is 0 Å². The van der Waals surface area contributed by atoms with Gasteiger partial charge in [-0.3, -0.25) is 0 Å². The van der Waals surface area contributed by atoms with Crippen molar-refractivity contribution in [2.24, 2.45) is 0 Å². The topological polar surface area (TPSA) is 0 Å². The van der Waals surface area contributed by atoms with E-state index in [0.29, 0.717) is 0 Å². The molecule has 0 rings (SSSR count). The summed E-state index contributed by atoms with van der Waals surface area (Å²) in [6, 6.07) is 0. The molecule has 0 spiro atoms. The molecule has 0 aromatic heterocycles. The molecule has 0 aliphatic rings. The Morgan fingerprint density at radius 1 is 0.667 bits per heavy atom. The van der Waals surface area contributed by atoms with Crippen LogP contribution in [0.15, 0.2) is 0 Å². The molecule has 0 aliphatic heterocycles. The van der Waals surface area contributed by atoms with Gasteiger partial charge in [0.15, 0.2) is 0 Å². The molecule has 0 atom stereocenters. The zero-order valence-electron chi connectivity index (χ0n) is 2.39. The number of rotatable bonds is 0. The fourth-order valence-electron chi connectivity index (χ4n) is 0. The van der Waals surface area contributed by atoms with Gasteiger partial charge in [-0.15, -0.1) is 0 Å². The molecule has 39 valence electrons. The van der Waals surface area contributed by atoms with E-state index in [9.17, 15) is 0 Å². The van der Waals surface area contributed by atoms with Gasteiger partial charge in [0.25, 0.3) is 0 Å². The third kappa shape index (κ3) is 23.8. The van der Waals surface area contributed by atoms with Gasteiger partial charge < -0.3 is 0 Å². The summed E-state index contributed by atoms with van der Waals surface area (Å²) in [5, 5.41) is 0. The summed E-state index contributed by atoms with van der Waals surface area (Å²) in [5.74, 6) is 0. The van der Waals surface area contributed by atoms with Crippen LogP contribution in [-0.4, -0.2) is 0 Å². The van der Waals surface area contributed by atoms with Gasteiger partial charge in [-0.05, 0) is 0 Å². The van der Waals surface area contributed by atoms with Crippen molar-refractivity contribution >= 4 is 95.9 Å². The Balaban J connectivity index is 3.73. The molecule has 0 amide bonds. The number of hydrogen-bond acceptors (Lipinski definition) is 0. The quantitative estimate of drug-likeness (QED) is 0.263. The summed E-state index contributed by atoms with van der Waals surface area (Å²) in [7, 11) is 0. The second-order valence-corrected chi connectivity index (χ2v) is 133. The van der Waals surface area contributed by atoms with E-state index in [1.54, 1.807) is 0 Å². The molecule has 0 aromatic rings. The van der Waals surface area contributed by atoms with Crippen LogP contribution in [0.1, 0.15) is 0 Å². The van der Waals surface area contributed by atoms with Crippen molar-refractivity contribution in [2.75, 3.05) is 0 Å². The molecule has 0 saturated carbocycles. The zero-order chi connectivity index (χ0) is 5.45. The minimum atomic E-state index is -1.75. The fraction of sp³-hybridized carbons (Fsp3) is 0. The van der Waals surface area contributed by atoms with E-state index in [1.807, 2.05) is 0 Å². The van der Waals surface area contributed by atoms with Crippen LogP contribution in [0.5, 0.6) is 0 Å². The van der Waals surface area contributed by atoms with Gasteiger partial charge in [-0.25, -0.2) is 0 Å². The summed E-state index contributed by atoms with van der Waals surface area (Å²) in [6.45, 7) is 0. The normalized spacial score (nSPS) is 19.2. The molecule has 6 heteroatoms. The first-order chi connectivity index (χ1) is 2.24. The van der Waals surface area contributed by atoms with Gasteiger partial charge in [0.1, 0.15) is 0 Å². The van der Waals surface area contributed by atoms with Crippen molar-refractivity contribution < 1.29 is -3.44 Å². The van der Waals surface area contributed by atoms with Crippen molar-refractivity contribution in [3.05, 3.63) is 0 Å². The van der Waals surface area contributed by atoms with Crippen molar-refractivity contribution in [1.29, 1.82) is 0 Å². The molecular formula is I5Ti. The standard InChI is InChI=1S/5HI.Ti/h5*1H;/q;;;;;+5/p-5. The molecule has 0 aromatic carbocycles. The average molecular weight is 682 g/mol. The van der Waals surface area contributed by atoms with Gasteiger partial charge in [0.05, 0.1) is 0 Å². The van der Waals surface area contributed by atoms with E-state index in [1.165, 1.54) is 0 Å². The van der Waals surface area contributed by atoms with Gasteiger partial charge in [0.2, 0.25) is 0 Å². The summed E-state index contributed by atoms with van der Waals surface area (Å²) < 4.78 is -1.75.